The summed E-state index contributed by atoms with van der Waals surface area (Å²) in [6.45, 7) is 13.9. The highest BCUT2D eigenvalue weighted by Crippen LogP contribution is 2.21. The van der Waals surface area contributed by atoms with E-state index in [-0.39, 0.29) is 28.7 Å². The van der Waals surface area contributed by atoms with Crippen LogP contribution in [0.1, 0.15) is 40.0 Å². The van der Waals surface area contributed by atoms with Gasteiger partial charge >= 0.3 is 0 Å². The van der Waals surface area contributed by atoms with Gasteiger partial charge in [0.2, 0.25) is 0 Å². The van der Waals surface area contributed by atoms with Crippen molar-refractivity contribution in [1.29, 1.82) is 0 Å². The van der Waals surface area contributed by atoms with Gasteiger partial charge in [0.15, 0.2) is 5.96 Å². The summed E-state index contributed by atoms with van der Waals surface area (Å²) in [6.07, 6.45) is 5.79. The average Bonchev–Trinajstić information content (AvgIpc) is 3.08. The van der Waals surface area contributed by atoms with E-state index >= 15 is 0 Å². The first-order chi connectivity index (χ1) is 11.5. The molecule has 2 rings (SSSR count). The Bertz CT molecular complexity index is 395. The Morgan fingerprint density at radius 2 is 2.00 bits per heavy atom. The second-order valence-corrected chi connectivity index (χ2v) is 9.12. The lowest BCUT2D eigenvalue weighted by atomic mass is 10.0. The third-order valence-electron chi connectivity index (χ3n) is 4.98. The molecule has 148 valence electrons. The van der Waals surface area contributed by atoms with Gasteiger partial charge in [0.05, 0.1) is 13.2 Å². The minimum atomic E-state index is 0. The Labute approximate surface area is 175 Å². The van der Waals surface area contributed by atoms with Gasteiger partial charge < -0.3 is 20.3 Å². The standard InChI is InChI=1S/C18H36N4OS.HI/c1-5-19-17(20-14-18(2,3)24-4)21-16-6-9-22(10-7-16)12-15-8-11-23-13-15;/h15-16H,5-14H2,1-4H3,(H2,19,20,21);1H. The number of thioether (sulfide) groups is 1. The molecule has 0 spiro atoms. The molecule has 0 aromatic carbocycles. The lowest BCUT2D eigenvalue weighted by Gasteiger charge is -2.34. The molecular formula is C18H37IN4OS. The molecule has 0 aromatic rings. The van der Waals surface area contributed by atoms with Gasteiger partial charge in [-0.1, -0.05) is 0 Å². The van der Waals surface area contributed by atoms with E-state index in [9.17, 15) is 0 Å². The highest BCUT2D eigenvalue weighted by Gasteiger charge is 2.24. The summed E-state index contributed by atoms with van der Waals surface area (Å²) in [5.74, 6) is 1.73. The number of rotatable bonds is 7. The van der Waals surface area contributed by atoms with E-state index in [0.717, 1.165) is 38.2 Å². The maximum Gasteiger partial charge on any atom is 0.191 e. The largest absolute Gasteiger partial charge is 0.381 e. The van der Waals surface area contributed by atoms with Crippen molar-refractivity contribution < 1.29 is 4.74 Å². The number of nitrogens with one attached hydrogen (secondary N) is 2. The van der Waals surface area contributed by atoms with E-state index in [1.54, 1.807) is 0 Å². The lowest BCUT2D eigenvalue weighted by molar-refractivity contribution is 0.150. The predicted octanol–water partition coefficient (Wildman–Crippen LogP) is 2.80. The van der Waals surface area contributed by atoms with Crippen LogP contribution in [0.15, 0.2) is 4.99 Å². The number of nitrogens with zero attached hydrogens (tertiary/aromatic N) is 2. The van der Waals surface area contributed by atoms with Gasteiger partial charge in [0, 0.05) is 43.6 Å². The van der Waals surface area contributed by atoms with Gasteiger partial charge in [-0.05, 0) is 52.2 Å². The predicted molar refractivity (Wildman–Crippen MR) is 121 cm³/mol. The summed E-state index contributed by atoms with van der Waals surface area (Å²) in [5, 5.41) is 7.04. The van der Waals surface area contributed by atoms with Gasteiger partial charge in [0.1, 0.15) is 0 Å². The van der Waals surface area contributed by atoms with Crippen LogP contribution in [-0.2, 0) is 4.74 Å². The van der Waals surface area contributed by atoms with Crippen molar-refractivity contribution in [2.45, 2.75) is 50.8 Å². The van der Waals surface area contributed by atoms with Gasteiger partial charge in [-0.3, -0.25) is 4.99 Å². The van der Waals surface area contributed by atoms with Crippen LogP contribution in [0.2, 0.25) is 0 Å². The van der Waals surface area contributed by atoms with Gasteiger partial charge in [0.25, 0.3) is 0 Å². The van der Waals surface area contributed by atoms with Crippen LogP contribution in [0, 0.1) is 5.92 Å². The second kappa shape index (κ2) is 11.9. The normalized spacial score (nSPS) is 23.4. The fourth-order valence-corrected chi connectivity index (χ4v) is 3.39. The molecule has 5 nitrogen and oxygen atoms in total. The number of halogens is 1. The van der Waals surface area contributed by atoms with E-state index in [0.29, 0.717) is 6.04 Å². The Kier molecular flexibility index (Phi) is 11.1. The average molecular weight is 484 g/mol. The van der Waals surface area contributed by atoms with E-state index in [2.05, 4.69) is 42.6 Å². The highest BCUT2D eigenvalue weighted by molar-refractivity contribution is 14.0. The van der Waals surface area contributed by atoms with E-state index in [1.807, 2.05) is 11.8 Å². The first kappa shape index (κ1) is 23.3. The number of likely N-dealkylation sites (tertiary alicyclic amines) is 1. The third-order valence-corrected chi connectivity index (χ3v) is 6.22. The number of guanidine groups is 1. The Balaban J connectivity index is 0.00000312. The molecule has 2 aliphatic heterocycles. The summed E-state index contributed by atoms with van der Waals surface area (Å²) in [5.41, 5.74) is 0. The topological polar surface area (TPSA) is 48.9 Å². The molecule has 0 aromatic heterocycles. The zero-order valence-electron chi connectivity index (χ0n) is 16.3. The van der Waals surface area contributed by atoms with Crippen LogP contribution in [-0.4, -0.2) is 73.8 Å². The zero-order chi connectivity index (χ0) is 17.4. The number of piperidine rings is 1. The van der Waals surface area contributed by atoms with Crippen LogP contribution >= 0.6 is 35.7 Å². The van der Waals surface area contributed by atoms with Gasteiger partial charge in [-0.2, -0.15) is 11.8 Å². The molecule has 25 heavy (non-hydrogen) atoms. The highest BCUT2D eigenvalue weighted by atomic mass is 127. The molecule has 7 heteroatoms. The lowest BCUT2D eigenvalue weighted by Crippen LogP contribution is -2.49. The maximum atomic E-state index is 5.50. The van der Waals surface area contributed by atoms with Crippen molar-refractivity contribution in [3.63, 3.8) is 0 Å². The maximum absolute atomic E-state index is 5.50. The zero-order valence-corrected chi connectivity index (χ0v) is 19.5. The molecule has 2 heterocycles. The van der Waals surface area contributed by atoms with Crippen molar-refractivity contribution in [2.24, 2.45) is 10.9 Å². The monoisotopic (exact) mass is 484 g/mol. The van der Waals surface area contributed by atoms with E-state index in [1.165, 1.54) is 38.9 Å². The Morgan fingerprint density at radius 1 is 1.28 bits per heavy atom. The molecule has 0 radical (unpaired) electrons. The fraction of sp³-hybridized carbons (Fsp3) is 0.944. The van der Waals surface area contributed by atoms with Crippen molar-refractivity contribution in [3.8, 4) is 0 Å². The van der Waals surface area contributed by atoms with Crippen molar-refractivity contribution in [2.75, 3.05) is 52.2 Å². The number of aliphatic imine (C=N–C) groups is 1. The minimum Gasteiger partial charge on any atom is -0.381 e. The fourth-order valence-electron chi connectivity index (χ4n) is 3.20. The van der Waals surface area contributed by atoms with Gasteiger partial charge in [-0.15, -0.1) is 24.0 Å². The summed E-state index contributed by atoms with van der Waals surface area (Å²) in [7, 11) is 0. The number of hydrogen-bond donors (Lipinski definition) is 2. The Hall–Kier alpha value is 0.270. The molecule has 0 bridgehead atoms. The van der Waals surface area contributed by atoms with Crippen LogP contribution in [0.25, 0.3) is 0 Å². The molecule has 0 amide bonds. The molecule has 0 saturated carbocycles. The smallest absolute Gasteiger partial charge is 0.191 e. The summed E-state index contributed by atoms with van der Waals surface area (Å²) in [6, 6.07) is 0.538. The summed E-state index contributed by atoms with van der Waals surface area (Å²) in [4.78, 5) is 7.41. The van der Waals surface area contributed by atoms with Crippen LogP contribution in [0.3, 0.4) is 0 Å². The SMILES string of the molecule is CCNC(=NCC(C)(C)SC)NC1CCN(CC2CCOC2)CC1.I. The molecule has 1 atom stereocenters. The van der Waals surface area contributed by atoms with Gasteiger partial charge in [-0.25, -0.2) is 0 Å². The molecule has 2 saturated heterocycles. The third kappa shape index (κ3) is 8.67. The Morgan fingerprint density at radius 3 is 2.56 bits per heavy atom. The number of ether oxygens (including phenoxy) is 1. The van der Waals surface area contributed by atoms with Crippen molar-refractivity contribution in [3.05, 3.63) is 0 Å². The first-order valence-electron chi connectivity index (χ1n) is 9.42. The first-order valence-corrected chi connectivity index (χ1v) is 10.6. The van der Waals surface area contributed by atoms with E-state index < -0.39 is 0 Å². The van der Waals surface area contributed by atoms with Crippen LogP contribution in [0.5, 0.6) is 0 Å². The molecule has 1 unspecified atom stereocenters. The van der Waals surface area contributed by atoms with E-state index in [4.69, 9.17) is 9.73 Å². The summed E-state index contributed by atoms with van der Waals surface area (Å²) < 4.78 is 5.69. The van der Waals surface area contributed by atoms with Crippen molar-refractivity contribution >= 4 is 41.7 Å². The molecule has 2 fully saturated rings. The molecule has 2 N–H and O–H groups in total. The molecule has 2 aliphatic rings. The quantitative estimate of drug-likeness (QED) is 0.331. The minimum absolute atomic E-state index is 0. The second-order valence-electron chi connectivity index (χ2n) is 7.61. The molecule has 0 aliphatic carbocycles. The van der Waals surface area contributed by atoms with Crippen LogP contribution in [0.4, 0.5) is 0 Å². The summed E-state index contributed by atoms with van der Waals surface area (Å²) >= 11 is 1.87. The molecular weight excluding hydrogens is 447 g/mol. The van der Waals surface area contributed by atoms with Crippen LogP contribution < -0.4 is 10.6 Å². The van der Waals surface area contributed by atoms with Crippen molar-refractivity contribution in [1.82, 2.24) is 15.5 Å². The number of hydrogen-bond acceptors (Lipinski definition) is 4.